The molecular weight excluding hydrogens is 486 g/mol. The summed E-state index contributed by atoms with van der Waals surface area (Å²) in [7, 11) is 0. The highest BCUT2D eigenvalue weighted by molar-refractivity contribution is 9.10. The second-order valence-electron chi connectivity index (χ2n) is 9.20. The van der Waals surface area contributed by atoms with Crippen LogP contribution in [0.25, 0.3) is 0 Å². The maximum atomic E-state index is 13.3. The lowest BCUT2D eigenvalue weighted by Gasteiger charge is -2.38. The Hall–Kier alpha value is -2.80. The Balaban J connectivity index is 1.67. The van der Waals surface area contributed by atoms with Crippen LogP contribution in [0.3, 0.4) is 0 Å². The van der Waals surface area contributed by atoms with Crippen LogP contribution in [0.1, 0.15) is 58.0 Å². The number of Topliss-reactive ketones (excluding diaryl/α,β-unsaturated/α-hetero) is 1. The normalized spacial score (nSPS) is 19.8. The molecule has 0 saturated carbocycles. The van der Waals surface area contributed by atoms with E-state index in [4.69, 9.17) is 13.9 Å². The lowest BCUT2D eigenvalue weighted by molar-refractivity contribution is -0.138. The summed E-state index contributed by atoms with van der Waals surface area (Å²) in [6, 6.07) is 11.2. The van der Waals surface area contributed by atoms with E-state index < -0.39 is 11.9 Å². The number of carbonyl (C=O) groups is 2. The van der Waals surface area contributed by atoms with Crippen molar-refractivity contribution in [2.24, 2.45) is 5.41 Å². The van der Waals surface area contributed by atoms with Crippen LogP contribution in [0.15, 0.2) is 67.8 Å². The van der Waals surface area contributed by atoms with Crippen molar-refractivity contribution in [1.29, 1.82) is 0 Å². The predicted molar refractivity (Wildman–Crippen MR) is 127 cm³/mol. The molecule has 1 N–H and O–H groups in total. The van der Waals surface area contributed by atoms with Crippen molar-refractivity contribution >= 4 is 27.7 Å². The Morgan fingerprint density at radius 2 is 1.91 bits per heavy atom. The zero-order valence-electron chi connectivity index (χ0n) is 19.3. The number of hydrogen-bond acceptors (Lipinski definition) is 6. The van der Waals surface area contributed by atoms with Crippen LogP contribution in [0, 0.1) is 5.41 Å². The predicted octanol–water partition coefficient (Wildman–Crippen LogP) is 5.79. The molecule has 0 unspecified atom stereocenters. The zero-order valence-corrected chi connectivity index (χ0v) is 20.9. The maximum Gasteiger partial charge on any atom is 0.336 e. The summed E-state index contributed by atoms with van der Waals surface area (Å²) in [6.07, 6.45) is 1.14. The number of hydrogen-bond donors (Lipinski definition) is 1. The Kier molecular flexibility index (Phi) is 6.52. The van der Waals surface area contributed by atoms with E-state index in [1.165, 1.54) is 0 Å². The van der Waals surface area contributed by atoms with Crippen molar-refractivity contribution in [3.63, 3.8) is 0 Å². The van der Waals surface area contributed by atoms with Crippen molar-refractivity contribution in [2.75, 3.05) is 6.61 Å². The number of nitrogens with one attached hydrogen (secondary N) is 1. The van der Waals surface area contributed by atoms with Crippen molar-refractivity contribution in [3.8, 4) is 5.75 Å². The molecule has 1 aliphatic carbocycles. The Bertz CT molecular complexity index is 1140. The van der Waals surface area contributed by atoms with Gasteiger partial charge < -0.3 is 19.2 Å². The first-order valence-corrected chi connectivity index (χ1v) is 11.9. The molecule has 1 aromatic carbocycles. The van der Waals surface area contributed by atoms with Gasteiger partial charge in [-0.2, -0.15) is 0 Å². The number of furan rings is 1. The highest BCUT2D eigenvalue weighted by Crippen LogP contribution is 2.47. The molecule has 2 aliphatic rings. The SMILES string of the molecule is CCOC(=O)C1=C(C)NC2=C(C(=O)CC(C)(C)C2)[C@H]1c1ccc(COc2ccc(Br)cc2)o1. The van der Waals surface area contributed by atoms with Crippen molar-refractivity contribution < 1.29 is 23.5 Å². The Morgan fingerprint density at radius 3 is 2.61 bits per heavy atom. The van der Waals surface area contributed by atoms with E-state index in [0.29, 0.717) is 34.8 Å². The molecule has 0 radical (unpaired) electrons. The average molecular weight is 514 g/mol. The molecule has 7 heteroatoms. The summed E-state index contributed by atoms with van der Waals surface area (Å²) < 4.78 is 18.3. The number of esters is 1. The summed E-state index contributed by atoms with van der Waals surface area (Å²) in [5, 5.41) is 3.32. The minimum atomic E-state index is -0.606. The molecule has 33 heavy (non-hydrogen) atoms. The van der Waals surface area contributed by atoms with Gasteiger partial charge in [0.1, 0.15) is 23.9 Å². The fourth-order valence-corrected chi connectivity index (χ4v) is 4.78. The van der Waals surface area contributed by atoms with Gasteiger partial charge in [-0.05, 0) is 62.1 Å². The molecule has 0 fully saturated rings. The van der Waals surface area contributed by atoms with Crippen LogP contribution in [0.2, 0.25) is 0 Å². The lowest BCUT2D eigenvalue weighted by atomic mass is 9.69. The van der Waals surface area contributed by atoms with Gasteiger partial charge in [-0.25, -0.2) is 4.79 Å². The van der Waals surface area contributed by atoms with E-state index in [9.17, 15) is 9.59 Å². The van der Waals surface area contributed by atoms with Gasteiger partial charge in [0.15, 0.2) is 5.78 Å². The van der Waals surface area contributed by atoms with Gasteiger partial charge in [0, 0.05) is 27.9 Å². The molecule has 0 amide bonds. The molecule has 2 aromatic rings. The molecule has 1 aliphatic heterocycles. The molecule has 1 aromatic heterocycles. The first kappa shape index (κ1) is 23.4. The molecule has 6 nitrogen and oxygen atoms in total. The van der Waals surface area contributed by atoms with Crippen LogP contribution >= 0.6 is 15.9 Å². The number of halogens is 1. The van der Waals surface area contributed by atoms with Crippen LogP contribution in [-0.2, 0) is 20.9 Å². The number of dihydropyridines is 1. The quantitative estimate of drug-likeness (QED) is 0.492. The molecule has 0 bridgehead atoms. The van der Waals surface area contributed by atoms with Gasteiger partial charge in [-0.15, -0.1) is 0 Å². The van der Waals surface area contributed by atoms with E-state index in [1.54, 1.807) is 6.92 Å². The molecule has 0 saturated heterocycles. The van der Waals surface area contributed by atoms with Crippen molar-refractivity contribution in [1.82, 2.24) is 5.32 Å². The van der Waals surface area contributed by atoms with Crippen LogP contribution in [0.4, 0.5) is 0 Å². The van der Waals surface area contributed by atoms with Gasteiger partial charge >= 0.3 is 5.97 Å². The summed E-state index contributed by atoms with van der Waals surface area (Å²) in [5.74, 6) is 0.839. The van der Waals surface area contributed by atoms with Crippen molar-refractivity contribution in [3.05, 3.63) is 74.9 Å². The van der Waals surface area contributed by atoms with Gasteiger partial charge in [-0.3, -0.25) is 4.79 Å². The third-order valence-electron chi connectivity index (χ3n) is 5.90. The fraction of sp³-hybridized carbons (Fsp3) is 0.385. The van der Waals surface area contributed by atoms with E-state index in [-0.39, 0.29) is 24.4 Å². The summed E-state index contributed by atoms with van der Waals surface area (Å²) >= 11 is 3.41. The number of ketones is 1. The van der Waals surface area contributed by atoms with Crippen LogP contribution in [-0.4, -0.2) is 18.4 Å². The van der Waals surface area contributed by atoms with E-state index in [0.717, 1.165) is 22.3 Å². The van der Waals surface area contributed by atoms with Gasteiger partial charge in [-0.1, -0.05) is 29.8 Å². The molecule has 174 valence electrons. The van der Waals surface area contributed by atoms with E-state index in [2.05, 4.69) is 35.1 Å². The highest BCUT2D eigenvalue weighted by atomic mass is 79.9. The van der Waals surface area contributed by atoms with Gasteiger partial charge in [0.2, 0.25) is 0 Å². The second-order valence-corrected chi connectivity index (χ2v) is 10.1. The summed E-state index contributed by atoms with van der Waals surface area (Å²) in [6.45, 7) is 8.25. The number of ether oxygens (including phenoxy) is 2. The Morgan fingerprint density at radius 1 is 1.18 bits per heavy atom. The molecule has 1 atom stereocenters. The third kappa shape index (κ3) is 4.93. The zero-order chi connectivity index (χ0) is 23.8. The number of benzene rings is 1. The molecule has 0 spiro atoms. The molecular formula is C26H28BrNO5. The third-order valence-corrected chi connectivity index (χ3v) is 6.43. The first-order chi connectivity index (χ1) is 15.7. The van der Waals surface area contributed by atoms with Crippen LogP contribution in [0.5, 0.6) is 5.75 Å². The highest BCUT2D eigenvalue weighted by Gasteiger charge is 2.44. The Labute approximate surface area is 202 Å². The molecule has 4 rings (SSSR count). The largest absolute Gasteiger partial charge is 0.486 e. The maximum absolute atomic E-state index is 13.3. The first-order valence-electron chi connectivity index (χ1n) is 11.1. The standard InChI is InChI=1S/C26H28BrNO5/c1-5-31-25(30)22-15(2)28-19-12-26(3,4)13-20(29)23(19)24(22)21-11-10-18(33-21)14-32-17-8-6-16(27)7-9-17/h6-11,24,28H,5,12-14H2,1-4H3/t24-/m0/s1. The number of allylic oxidation sites excluding steroid dienone is 3. The van der Waals surface area contributed by atoms with Gasteiger partial charge in [0.25, 0.3) is 0 Å². The fourth-order valence-electron chi connectivity index (χ4n) is 4.51. The monoisotopic (exact) mass is 513 g/mol. The number of carbonyl (C=O) groups excluding carboxylic acids is 2. The minimum absolute atomic E-state index is 0.0251. The minimum Gasteiger partial charge on any atom is -0.486 e. The van der Waals surface area contributed by atoms with Gasteiger partial charge in [0.05, 0.1) is 18.1 Å². The smallest absolute Gasteiger partial charge is 0.336 e. The van der Waals surface area contributed by atoms with E-state index >= 15 is 0 Å². The second kappa shape index (κ2) is 9.21. The topological polar surface area (TPSA) is 77.8 Å². The lowest BCUT2D eigenvalue weighted by Crippen LogP contribution is -2.38. The van der Waals surface area contributed by atoms with Crippen LogP contribution < -0.4 is 10.1 Å². The molecule has 2 heterocycles. The number of rotatable bonds is 6. The summed E-state index contributed by atoms with van der Waals surface area (Å²) in [5.41, 5.74) is 2.40. The van der Waals surface area contributed by atoms with Crippen molar-refractivity contribution in [2.45, 2.75) is 53.1 Å². The average Bonchev–Trinajstić information content (AvgIpc) is 3.20. The summed E-state index contributed by atoms with van der Waals surface area (Å²) in [4.78, 5) is 26.2. The van der Waals surface area contributed by atoms with E-state index in [1.807, 2.05) is 43.3 Å².